The SMILES string of the molecule is C1=CNCNC1.[Au]. The van der Waals surface area contributed by atoms with E-state index in [-0.39, 0.29) is 22.4 Å². The summed E-state index contributed by atoms with van der Waals surface area (Å²) in [5, 5.41) is 6.08. The quantitative estimate of drug-likeness (QED) is 0.593. The van der Waals surface area contributed by atoms with Crippen LogP contribution in [0.25, 0.3) is 0 Å². The summed E-state index contributed by atoms with van der Waals surface area (Å²) >= 11 is 0. The van der Waals surface area contributed by atoms with Crippen molar-refractivity contribution in [3.8, 4) is 0 Å². The third kappa shape index (κ3) is 2.88. The minimum Gasteiger partial charge on any atom is -0.379 e. The zero-order chi connectivity index (χ0) is 4.24. The van der Waals surface area contributed by atoms with Crippen LogP contribution < -0.4 is 10.6 Å². The van der Waals surface area contributed by atoms with Crippen LogP contribution in [-0.2, 0) is 22.4 Å². The fourth-order valence-electron chi connectivity index (χ4n) is 0.429. The van der Waals surface area contributed by atoms with E-state index in [0.717, 1.165) is 13.2 Å². The molecule has 0 aromatic heterocycles. The van der Waals surface area contributed by atoms with Crippen LogP contribution in [0.1, 0.15) is 0 Å². The first-order valence-corrected chi connectivity index (χ1v) is 2.09. The molecule has 1 aliphatic rings. The van der Waals surface area contributed by atoms with Gasteiger partial charge in [-0.2, -0.15) is 0 Å². The summed E-state index contributed by atoms with van der Waals surface area (Å²) in [6, 6.07) is 0. The average Bonchev–Trinajstić information content (AvgIpc) is 1.72. The second-order valence-electron chi connectivity index (χ2n) is 1.24. The van der Waals surface area contributed by atoms with E-state index in [2.05, 4.69) is 10.6 Å². The van der Waals surface area contributed by atoms with Crippen molar-refractivity contribution in [1.29, 1.82) is 0 Å². The van der Waals surface area contributed by atoms with Crippen LogP contribution in [0.2, 0.25) is 0 Å². The molecule has 1 heterocycles. The minimum absolute atomic E-state index is 0. The van der Waals surface area contributed by atoms with E-state index < -0.39 is 0 Å². The van der Waals surface area contributed by atoms with Crippen molar-refractivity contribution >= 4 is 0 Å². The van der Waals surface area contributed by atoms with Crippen LogP contribution in [0.5, 0.6) is 0 Å². The van der Waals surface area contributed by atoms with Gasteiger partial charge in [-0.15, -0.1) is 0 Å². The van der Waals surface area contributed by atoms with Gasteiger partial charge in [-0.3, -0.25) is 5.32 Å². The van der Waals surface area contributed by atoms with E-state index in [1.807, 2.05) is 12.3 Å². The van der Waals surface area contributed by atoms with Gasteiger partial charge in [-0.1, -0.05) is 6.08 Å². The molecule has 1 radical (unpaired) electrons. The van der Waals surface area contributed by atoms with Crippen LogP contribution in [0.15, 0.2) is 12.3 Å². The summed E-state index contributed by atoms with van der Waals surface area (Å²) in [6.45, 7) is 1.92. The maximum absolute atomic E-state index is 3.09. The molecule has 1 aliphatic heterocycles. The molecule has 0 aliphatic carbocycles. The Morgan fingerprint density at radius 1 is 1.43 bits per heavy atom. The van der Waals surface area contributed by atoms with Crippen LogP contribution in [0.3, 0.4) is 0 Å². The van der Waals surface area contributed by atoms with Gasteiger partial charge in [0.05, 0.1) is 6.67 Å². The molecule has 0 unspecified atom stereocenters. The molecule has 0 spiro atoms. The smallest absolute Gasteiger partial charge is 0.0650 e. The third-order valence-electron chi connectivity index (χ3n) is 0.725. The molecule has 0 bridgehead atoms. The van der Waals surface area contributed by atoms with E-state index in [0.29, 0.717) is 0 Å². The van der Waals surface area contributed by atoms with Gasteiger partial charge in [-0.05, 0) is 6.20 Å². The zero-order valence-corrected chi connectivity index (χ0v) is 6.04. The topological polar surface area (TPSA) is 24.1 Å². The van der Waals surface area contributed by atoms with Crippen LogP contribution in [0, 0.1) is 0 Å². The summed E-state index contributed by atoms with van der Waals surface area (Å²) in [7, 11) is 0. The van der Waals surface area contributed by atoms with E-state index in [9.17, 15) is 0 Å². The summed E-state index contributed by atoms with van der Waals surface area (Å²) in [5.41, 5.74) is 0. The third-order valence-corrected chi connectivity index (χ3v) is 0.725. The molecular formula is C4H8AuN2. The monoisotopic (exact) mass is 281 g/mol. The van der Waals surface area contributed by atoms with Crippen molar-refractivity contribution in [2.24, 2.45) is 0 Å². The largest absolute Gasteiger partial charge is 0.379 e. The van der Waals surface area contributed by atoms with Gasteiger partial charge in [-0.25, -0.2) is 0 Å². The van der Waals surface area contributed by atoms with Gasteiger partial charge in [0.25, 0.3) is 0 Å². The number of hydrogen-bond acceptors (Lipinski definition) is 2. The Kier molecular flexibility index (Phi) is 4.55. The summed E-state index contributed by atoms with van der Waals surface area (Å²) in [4.78, 5) is 0. The first kappa shape index (κ1) is 7.24. The normalized spacial score (nSPS) is 17.1. The first-order valence-electron chi connectivity index (χ1n) is 2.09. The molecule has 0 atom stereocenters. The Morgan fingerprint density at radius 3 is 2.43 bits per heavy atom. The van der Waals surface area contributed by atoms with Crippen LogP contribution in [-0.4, -0.2) is 13.2 Å². The molecule has 2 nitrogen and oxygen atoms in total. The van der Waals surface area contributed by atoms with Crippen molar-refractivity contribution in [3.63, 3.8) is 0 Å². The van der Waals surface area contributed by atoms with E-state index >= 15 is 0 Å². The van der Waals surface area contributed by atoms with Gasteiger partial charge in [0, 0.05) is 28.9 Å². The minimum atomic E-state index is 0. The van der Waals surface area contributed by atoms with Gasteiger partial charge in [0.2, 0.25) is 0 Å². The summed E-state index contributed by atoms with van der Waals surface area (Å²) in [5.74, 6) is 0. The molecule has 0 saturated heterocycles. The van der Waals surface area contributed by atoms with Crippen LogP contribution in [0.4, 0.5) is 0 Å². The molecular weight excluding hydrogens is 273 g/mol. The predicted molar refractivity (Wildman–Crippen MR) is 25.1 cm³/mol. The van der Waals surface area contributed by atoms with E-state index in [1.54, 1.807) is 0 Å². The Hall–Kier alpha value is 0.240. The fourth-order valence-corrected chi connectivity index (χ4v) is 0.429. The van der Waals surface area contributed by atoms with Crippen LogP contribution >= 0.6 is 0 Å². The number of hydrogen-bond donors (Lipinski definition) is 2. The molecule has 0 saturated carbocycles. The predicted octanol–water partition coefficient (Wildman–Crippen LogP) is -0.352. The fraction of sp³-hybridized carbons (Fsp3) is 0.500. The molecule has 0 aromatic rings. The zero-order valence-electron chi connectivity index (χ0n) is 3.87. The summed E-state index contributed by atoms with van der Waals surface area (Å²) < 4.78 is 0. The summed E-state index contributed by atoms with van der Waals surface area (Å²) in [6.07, 6.45) is 4.00. The van der Waals surface area contributed by atoms with Gasteiger partial charge >= 0.3 is 0 Å². The van der Waals surface area contributed by atoms with Gasteiger partial charge in [0.15, 0.2) is 0 Å². The molecule has 0 aromatic carbocycles. The van der Waals surface area contributed by atoms with Gasteiger partial charge < -0.3 is 5.32 Å². The molecule has 7 heavy (non-hydrogen) atoms. The second-order valence-corrected chi connectivity index (χ2v) is 1.24. The van der Waals surface area contributed by atoms with Crippen molar-refractivity contribution in [3.05, 3.63) is 12.3 Å². The van der Waals surface area contributed by atoms with Crippen molar-refractivity contribution in [1.82, 2.24) is 10.6 Å². The van der Waals surface area contributed by atoms with Gasteiger partial charge in [0.1, 0.15) is 0 Å². The molecule has 1 rings (SSSR count). The molecule has 45 valence electrons. The molecule has 0 amide bonds. The molecule has 3 heteroatoms. The first-order chi connectivity index (χ1) is 3.00. The number of nitrogens with one attached hydrogen (secondary N) is 2. The Morgan fingerprint density at radius 2 is 2.29 bits per heavy atom. The maximum Gasteiger partial charge on any atom is 0.0650 e. The van der Waals surface area contributed by atoms with E-state index in [4.69, 9.17) is 0 Å². The number of rotatable bonds is 0. The Balaban J connectivity index is 0.000000360. The molecule has 0 fully saturated rings. The second kappa shape index (κ2) is 4.40. The average molecular weight is 281 g/mol. The standard InChI is InChI=1S/C4H8N2.Au/c1-2-5-4-6-3-1;/h1-2,5-6H,3-4H2;. The van der Waals surface area contributed by atoms with Crippen molar-refractivity contribution in [2.75, 3.05) is 13.2 Å². The van der Waals surface area contributed by atoms with E-state index in [1.165, 1.54) is 0 Å². The maximum atomic E-state index is 3.09. The molecule has 2 N–H and O–H groups in total. The Labute approximate surface area is 58.9 Å². The van der Waals surface area contributed by atoms with Crippen molar-refractivity contribution < 1.29 is 22.4 Å². The Bertz CT molecular complexity index is 54.7. The van der Waals surface area contributed by atoms with Crippen molar-refractivity contribution in [2.45, 2.75) is 0 Å².